The van der Waals surface area contributed by atoms with Crippen LogP contribution >= 0.6 is 0 Å². The zero-order valence-electron chi connectivity index (χ0n) is 11.0. The number of fused-ring (bicyclic) bond motifs is 1. The Bertz CT molecular complexity index is 334. The smallest absolute Gasteiger partial charge is 0.246 e. The van der Waals surface area contributed by atoms with Gasteiger partial charge in [-0.05, 0) is 39.8 Å². The molecule has 0 saturated carbocycles. The van der Waals surface area contributed by atoms with Crippen LogP contribution in [0, 0.1) is 0 Å². The second-order valence-electron chi connectivity index (χ2n) is 5.08. The van der Waals surface area contributed by atoms with Crippen LogP contribution in [0.2, 0.25) is 0 Å². The predicted octanol–water partition coefficient (Wildman–Crippen LogP) is -0.979. The van der Waals surface area contributed by atoms with E-state index in [4.69, 9.17) is 0 Å². The van der Waals surface area contributed by atoms with Gasteiger partial charge in [-0.25, -0.2) is 0 Å². The molecular weight excluding hydrogens is 232 g/mol. The number of likely N-dealkylation sites (N-methyl/N-ethyl adjacent to an activating group) is 1. The van der Waals surface area contributed by atoms with Gasteiger partial charge in [0.05, 0.1) is 12.7 Å². The number of hydrogen-bond donors (Lipinski definition) is 3. The number of nitrogens with zero attached hydrogens (tertiary/aromatic N) is 1. The van der Waals surface area contributed by atoms with Crippen LogP contribution in [-0.2, 0) is 9.59 Å². The number of hydrogen-bond acceptors (Lipinski definition) is 4. The number of rotatable bonds is 3. The van der Waals surface area contributed by atoms with E-state index in [2.05, 4.69) is 22.9 Å². The molecule has 0 aromatic rings. The molecule has 102 valence electrons. The number of carbonyl (C=O) groups excluding carboxylic acids is 2. The Morgan fingerprint density at radius 2 is 2.22 bits per heavy atom. The number of amides is 2. The summed E-state index contributed by atoms with van der Waals surface area (Å²) >= 11 is 0. The standard InChI is InChI=1S/C12H22N4O2/c1-8-3-4-10-14-6-5-9(12(18)16(8)10)15-11(17)7-13-2/h8-10,13-14H,3-7H2,1-2H3,(H,15,17). The van der Waals surface area contributed by atoms with E-state index in [1.165, 1.54) is 0 Å². The maximum absolute atomic E-state index is 12.4. The van der Waals surface area contributed by atoms with E-state index >= 15 is 0 Å². The molecule has 0 bridgehead atoms. The van der Waals surface area contributed by atoms with Crippen LogP contribution in [0.15, 0.2) is 0 Å². The summed E-state index contributed by atoms with van der Waals surface area (Å²) < 4.78 is 0. The quantitative estimate of drug-likeness (QED) is 0.605. The first-order chi connectivity index (χ1) is 8.63. The highest BCUT2D eigenvalue weighted by Gasteiger charge is 2.39. The van der Waals surface area contributed by atoms with Gasteiger partial charge < -0.3 is 15.5 Å². The zero-order valence-corrected chi connectivity index (χ0v) is 11.0. The van der Waals surface area contributed by atoms with E-state index in [1.54, 1.807) is 7.05 Å². The summed E-state index contributed by atoms with van der Waals surface area (Å²) in [6.07, 6.45) is 2.84. The lowest BCUT2D eigenvalue weighted by molar-refractivity contribution is -0.138. The lowest BCUT2D eigenvalue weighted by Crippen LogP contribution is -2.52. The molecule has 3 N–H and O–H groups in total. The van der Waals surface area contributed by atoms with Crippen molar-refractivity contribution in [1.82, 2.24) is 20.9 Å². The minimum Gasteiger partial charge on any atom is -0.343 e. The molecule has 18 heavy (non-hydrogen) atoms. The van der Waals surface area contributed by atoms with Gasteiger partial charge in [-0.1, -0.05) is 0 Å². The predicted molar refractivity (Wildman–Crippen MR) is 67.8 cm³/mol. The lowest BCUT2D eigenvalue weighted by atomic mass is 10.1. The minimum atomic E-state index is -0.385. The first-order valence-corrected chi connectivity index (χ1v) is 6.63. The van der Waals surface area contributed by atoms with Crippen molar-refractivity contribution >= 4 is 11.8 Å². The average molecular weight is 254 g/mol. The van der Waals surface area contributed by atoms with Crippen molar-refractivity contribution in [2.75, 3.05) is 20.1 Å². The molecule has 6 heteroatoms. The van der Waals surface area contributed by atoms with Gasteiger partial charge >= 0.3 is 0 Å². The van der Waals surface area contributed by atoms with Crippen LogP contribution in [0.4, 0.5) is 0 Å². The van der Waals surface area contributed by atoms with E-state index in [0.717, 1.165) is 19.4 Å². The van der Waals surface area contributed by atoms with Gasteiger partial charge in [-0.2, -0.15) is 0 Å². The molecule has 2 fully saturated rings. The fourth-order valence-corrected chi connectivity index (χ4v) is 2.79. The second kappa shape index (κ2) is 5.67. The van der Waals surface area contributed by atoms with E-state index in [9.17, 15) is 9.59 Å². The molecule has 0 radical (unpaired) electrons. The molecular formula is C12H22N4O2. The maximum Gasteiger partial charge on any atom is 0.246 e. The van der Waals surface area contributed by atoms with Gasteiger partial charge in [0.1, 0.15) is 6.04 Å². The summed E-state index contributed by atoms with van der Waals surface area (Å²) in [7, 11) is 1.72. The van der Waals surface area contributed by atoms with Gasteiger partial charge in [0.2, 0.25) is 11.8 Å². The van der Waals surface area contributed by atoms with E-state index in [0.29, 0.717) is 6.42 Å². The highest BCUT2D eigenvalue weighted by Crippen LogP contribution is 2.25. The Kier molecular flexibility index (Phi) is 4.19. The normalized spacial score (nSPS) is 32.0. The molecule has 3 unspecified atom stereocenters. The minimum absolute atomic E-state index is 0.0550. The molecule has 2 saturated heterocycles. The Balaban J connectivity index is 2.03. The summed E-state index contributed by atoms with van der Waals surface area (Å²) in [5.74, 6) is -0.0689. The van der Waals surface area contributed by atoms with Crippen molar-refractivity contribution in [2.45, 2.75) is 44.4 Å². The Labute approximate surface area is 107 Å². The van der Waals surface area contributed by atoms with Crippen molar-refractivity contribution in [1.29, 1.82) is 0 Å². The topological polar surface area (TPSA) is 73.5 Å². The third-order valence-electron chi connectivity index (χ3n) is 3.71. The molecule has 0 aromatic heterocycles. The van der Waals surface area contributed by atoms with Crippen LogP contribution < -0.4 is 16.0 Å². The van der Waals surface area contributed by atoms with Crippen molar-refractivity contribution < 1.29 is 9.59 Å². The highest BCUT2D eigenvalue weighted by atomic mass is 16.2. The summed E-state index contributed by atoms with van der Waals surface area (Å²) in [5, 5.41) is 8.98. The molecule has 2 rings (SSSR count). The molecule has 6 nitrogen and oxygen atoms in total. The van der Waals surface area contributed by atoms with Gasteiger partial charge in [0.25, 0.3) is 0 Å². The zero-order chi connectivity index (χ0) is 13.1. The monoisotopic (exact) mass is 254 g/mol. The van der Waals surface area contributed by atoms with Gasteiger partial charge in [0, 0.05) is 6.04 Å². The van der Waals surface area contributed by atoms with Crippen molar-refractivity contribution in [2.24, 2.45) is 0 Å². The Morgan fingerprint density at radius 1 is 1.44 bits per heavy atom. The van der Waals surface area contributed by atoms with Crippen LogP contribution in [0.5, 0.6) is 0 Å². The molecule has 2 amide bonds. The number of nitrogens with one attached hydrogen (secondary N) is 3. The summed E-state index contributed by atoms with van der Waals surface area (Å²) in [6.45, 7) is 3.08. The van der Waals surface area contributed by atoms with Gasteiger partial charge in [0.15, 0.2) is 0 Å². The van der Waals surface area contributed by atoms with E-state index < -0.39 is 0 Å². The lowest BCUT2D eigenvalue weighted by Gasteiger charge is -2.29. The first kappa shape index (κ1) is 13.3. The second-order valence-corrected chi connectivity index (χ2v) is 5.08. The molecule has 2 aliphatic rings. The maximum atomic E-state index is 12.4. The Morgan fingerprint density at radius 3 is 2.94 bits per heavy atom. The van der Waals surface area contributed by atoms with Crippen LogP contribution in [0.3, 0.4) is 0 Å². The first-order valence-electron chi connectivity index (χ1n) is 6.63. The largest absolute Gasteiger partial charge is 0.343 e. The molecule has 0 spiro atoms. The molecule has 0 aromatic carbocycles. The molecule has 2 heterocycles. The van der Waals surface area contributed by atoms with Gasteiger partial charge in [-0.3, -0.25) is 14.9 Å². The average Bonchev–Trinajstić information content (AvgIpc) is 2.61. The molecule has 3 atom stereocenters. The third-order valence-corrected chi connectivity index (χ3v) is 3.71. The highest BCUT2D eigenvalue weighted by molar-refractivity contribution is 5.89. The Hall–Kier alpha value is -1.14. The van der Waals surface area contributed by atoms with Crippen molar-refractivity contribution in [3.05, 3.63) is 0 Å². The van der Waals surface area contributed by atoms with Crippen molar-refractivity contribution in [3.8, 4) is 0 Å². The summed E-state index contributed by atoms with van der Waals surface area (Å²) in [5.41, 5.74) is 0. The fourth-order valence-electron chi connectivity index (χ4n) is 2.79. The number of carbonyl (C=O) groups is 2. The summed E-state index contributed by atoms with van der Waals surface area (Å²) in [4.78, 5) is 25.9. The van der Waals surface area contributed by atoms with Crippen LogP contribution in [-0.4, -0.2) is 55.1 Å². The van der Waals surface area contributed by atoms with Gasteiger partial charge in [-0.15, -0.1) is 0 Å². The summed E-state index contributed by atoms with van der Waals surface area (Å²) in [6, 6.07) is -0.124. The van der Waals surface area contributed by atoms with Crippen LogP contribution in [0.25, 0.3) is 0 Å². The van der Waals surface area contributed by atoms with Crippen LogP contribution in [0.1, 0.15) is 26.2 Å². The molecule has 0 aliphatic carbocycles. The SMILES string of the molecule is CNCC(=O)NC1CCNC2CCC(C)N2C1=O. The fraction of sp³-hybridized carbons (Fsp3) is 0.833. The molecule has 2 aliphatic heterocycles. The third kappa shape index (κ3) is 2.64. The van der Waals surface area contributed by atoms with E-state index in [-0.39, 0.29) is 36.6 Å². The van der Waals surface area contributed by atoms with E-state index in [1.807, 2.05) is 4.90 Å². The van der Waals surface area contributed by atoms with Crippen molar-refractivity contribution in [3.63, 3.8) is 0 Å².